The van der Waals surface area contributed by atoms with Gasteiger partial charge in [-0.3, -0.25) is 10.8 Å². The highest BCUT2D eigenvalue weighted by atomic mass is 32.2. The van der Waals surface area contributed by atoms with E-state index in [0.29, 0.717) is 0 Å². The molecule has 4 nitrogen and oxygen atoms in total. The van der Waals surface area contributed by atoms with E-state index in [1.165, 1.54) is 9.79 Å². The number of rotatable bonds is 2. The van der Waals surface area contributed by atoms with Gasteiger partial charge in [0.25, 0.3) is 0 Å². The van der Waals surface area contributed by atoms with Gasteiger partial charge in [0.15, 0.2) is 0 Å². The topological polar surface area (TPSA) is 99.7 Å². The van der Waals surface area contributed by atoms with Gasteiger partial charge in [-0.05, 0) is 41.8 Å². The lowest BCUT2D eigenvalue weighted by Crippen LogP contribution is -2.13. The molecule has 2 aromatic carbocycles. The summed E-state index contributed by atoms with van der Waals surface area (Å²) in [5.74, 6) is 0.169. The molecule has 0 saturated carbocycles. The van der Waals surface area contributed by atoms with Crippen molar-refractivity contribution < 1.29 is 0 Å². The van der Waals surface area contributed by atoms with Gasteiger partial charge in [0, 0.05) is 20.9 Å². The standard InChI is InChI=1S/C15H14N4S/c16-14(17)8-1-3-12-10(5-8)7-11-6-9(15(18)19)2-4-13(11)20-12/h1-6H,7H2,(H3,16,17)(H3,18,19). The Hall–Kier alpha value is -2.27. The summed E-state index contributed by atoms with van der Waals surface area (Å²) < 4.78 is 0. The molecule has 1 heterocycles. The molecule has 0 aromatic heterocycles. The fraction of sp³-hybridized carbons (Fsp3) is 0.0667. The first-order chi connectivity index (χ1) is 9.54. The van der Waals surface area contributed by atoms with Crippen LogP contribution in [0.1, 0.15) is 22.3 Å². The highest BCUT2D eigenvalue weighted by Crippen LogP contribution is 2.40. The van der Waals surface area contributed by atoms with Gasteiger partial charge in [0.1, 0.15) is 11.7 Å². The lowest BCUT2D eigenvalue weighted by Gasteiger charge is -2.20. The number of nitrogens with two attached hydrogens (primary N) is 2. The molecule has 3 rings (SSSR count). The van der Waals surface area contributed by atoms with Crippen LogP contribution in [0.25, 0.3) is 0 Å². The molecule has 1 aliphatic rings. The molecule has 0 fully saturated rings. The van der Waals surface area contributed by atoms with Gasteiger partial charge < -0.3 is 11.5 Å². The minimum Gasteiger partial charge on any atom is -0.384 e. The van der Waals surface area contributed by atoms with Crippen molar-refractivity contribution in [3.05, 3.63) is 58.7 Å². The average Bonchev–Trinajstić information content (AvgIpc) is 2.43. The molecular weight excluding hydrogens is 268 g/mol. The second-order valence-electron chi connectivity index (χ2n) is 4.75. The number of hydrogen-bond acceptors (Lipinski definition) is 3. The third kappa shape index (κ3) is 2.16. The van der Waals surface area contributed by atoms with Crippen LogP contribution in [0.3, 0.4) is 0 Å². The number of hydrogen-bond donors (Lipinski definition) is 4. The Balaban J connectivity index is 2.03. The van der Waals surface area contributed by atoms with Crippen LogP contribution in [0.4, 0.5) is 0 Å². The molecule has 0 bridgehead atoms. The maximum Gasteiger partial charge on any atom is 0.122 e. The number of nitrogen functional groups attached to an aromatic ring is 2. The summed E-state index contributed by atoms with van der Waals surface area (Å²) in [4.78, 5) is 2.39. The molecule has 100 valence electrons. The molecule has 0 atom stereocenters. The third-order valence-electron chi connectivity index (χ3n) is 3.34. The number of benzene rings is 2. The molecule has 5 heteroatoms. The van der Waals surface area contributed by atoms with Gasteiger partial charge in [-0.1, -0.05) is 23.9 Å². The van der Waals surface area contributed by atoms with Crippen LogP contribution in [0.5, 0.6) is 0 Å². The van der Waals surface area contributed by atoms with Gasteiger partial charge in [-0.2, -0.15) is 0 Å². The fourth-order valence-corrected chi connectivity index (χ4v) is 3.33. The van der Waals surface area contributed by atoms with Crippen LogP contribution in [-0.2, 0) is 6.42 Å². The number of fused-ring (bicyclic) bond motifs is 2. The van der Waals surface area contributed by atoms with Crippen molar-refractivity contribution in [2.75, 3.05) is 0 Å². The zero-order valence-corrected chi connectivity index (χ0v) is 11.6. The van der Waals surface area contributed by atoms with E-state index in [9.17, 15) is 0 Å². The van der Waals surface area contributed by atoms with Crippen LogP contribution < -0.4 is 11.5 Å². The average molecular weight is 282 g/mol. The summed E-state index contributed by atoms with van der Waals surface area (Å²) in [5, 5.41) is 15.0. The quantitative estimate of drug-likeness (QED) is 0.428. The molecule has 2 aromatic rings. The van der Waals surface area contributed by atoms with E-state index in [2.05, 4.69) is 0 Å². The van der Waals surface area contributed by atoms with Crippen molar-refractivity contribution in [2.45, 2.75) is 16.2 Å². The van der Waals surface area contributed by atoms with Crippen molar-refractivity contribution in [1.29, 1.82) is 10.8 Å². The molecule has 1 aliphatic heterocycles. The van der Waals surface area contributed by atoms with Crippen LogP contribution in [-0.4, -0.2) is 11.7 Å². The SMILES string of the molecule is N=C(N)c1ccc2c(c1)Cc1cc(C(=N)N)ccc1S2. The zero-order valence-electron chi connectivity index (χ0n) is 10.7. The van der Waals surface area contributed by atoms with Crippen LogP contribution >= 0.6 is 11.8 Å². The molecule has 0 radical (unpaired) electrons. The minimum atomic E-state index is 0.0843. The normalized spacial score (nSPS) is 12.4. The maximum atomic E-state index is 7.51. The highest BCUT2D eigenvalue weighted by Gasteiger charge is 2.17. The van der Waals surface area contributed by atoms with E-state index in [1.807, 2.05) is 36.4 Å². The fourth-order valence-electron chi connectivity index (χ4n) is 2.29. The molecule has 0 amide bonds. The van der Waals surface area contributed by atoms with Crippen molar-refractivity contribution in [3.63, 3.8) is 0 Å². The van der Waals surface area contributed by atoms with Gasteiger partial charge in [0.2, 0.25) is 0 Å². The Bertz CT molecular complexity index is 675. The Morgan fingerprint density at radius 3 is 1.70 bits per heavy atom. The van der Waals surface area contributed by atoms with E-state index in [-0.39, 0.29) is 11.7 Å². The van der Waals surface area contributed by atoms with Crippen molar-refractivity contribution in [3.8, 4) is 0 Å². The van der Waals surface area contributed by atoms with E-state index in [4.69, 9.17) is 22.3 Å². The Morgan fingerprint density at radius 2 is 1.30 bits per heavy atom. The lowest BCUT2D eigenvalue weighted by atomic mass is 10.00. The Labute approximate surface area is 121 Å². The molecule has 0 unspecified atom stereocenters. The molecule has 6 N–H and O–H groups in total. The summed E-state index contributed by atoms with van der Waals surface area (Å²) in [6.07, 6.45) is 0.778. The monoisotopic (exact) mass is 282 g/mol. The first kappa shape index (κ1) is 12.7. The second-order valence-corrected chi connectivity index (χ2v) is 5.83. The van der Waals surface area contributed by atoms with Crippen molar-refractivity contribution in [2.24, 2.45) is 11.5 Å². The summed E-state index contributed by atoms with van der Waals surface area (Å²) in [7, 11) is 0. The molecule has 0 aliphatic carbocycles. The summed E-state index contributed by atoms with van der Waals surface area (Å²) in [5.41, 5.74) is 14.9. The van der Waals surface area contributed by atoms with Crippen molar-refractivity contribution in [1.82, 2.24) is 0 Å². The number of amidine groups is 2. The van der Waals surface area contributed by atoms with Crippen LogP contribution in [0.2, 0.25) is 0 Å². The summed E-state index contributed by atoms with van der Waals surface area (Å²) >= 11 is 1.70. The van der Waals surface area contributed by atoms with Gasteiger partial charge in [-0.25, -0.2) is 0 Å². The third-order valence-corrected chi connectivity index (χ3v) is 4.58. The summed E-state index contributed by atoms with van der Waals surface area (Å²) in [6.45, 7) is 0. The molecular formula is C15H14N4S. The van der Waals surface area contributed by atoms with Crippen molar-refractivity contribution >= 4 is 23.4 Å². The van der Waals surface area contributed by atoms with E-state index in [0.717, 1.165) is 28.7 Å². The van der Waals surface area contributed by atoms with Gasteiger partial charge >= 0.3 is 0 Å². The first-order valence-electron chi connectivity index (χ1n) is 6.17. The van der Waals surface area contributed by atoms with Crippen LogP contribution in [0.15, 0.2) is 46.2 Å². The van der Waals surface area contributed by atoms with E-state index < -0.39 is 0 Å². The van der Waals surface area contributed by atoms with E-state index >= 15 is 0 Å². The van der Waals surface area contributed by atoms with Crippen LogP contribution in [0, 0.1) is 10.8 Å². The van der Waals surface area contributed by atoms with Gasteiger partial charge in [0.05, 0.1) is 0 Å². The predicted molar refractivity (Wildman–Crippen MR) is 81.8 cm³/mol. The second kappa shape index (κ2) is 4.68. The smallest absolute Gasteiger partial charge is 0.122 e. The predicted octanol–water partition coefficient (Wildman–Crippen LogP) is 2.31. The lowest BCUT2D eigenvalue weighted by molar-refractivity contribution is 1.05. The van der Waals surface area contributed by atoms with E-state index in [1.54, 1.807) is 11.8 Å². The highest BCUT2D eigenvalue weighted by molar-refractivity contribution is 7.99. The zero-order chi connectivity index (χ0) is 14.3. The Morgan fingerprint density at radius 1 is 0.850 bits per heavy atom. The first-order valence-corrected chi connectivity index (χ1v) is 6.99. The molecule has 0 saturated heterocycles. The maximum absolute atomic E-state index is 7.51. The summed E-state index contributed by atoms with van der Waals surface area (Å²) in [6, 6.07) is 11.7. The largest absolute Gasteiger partial charge is 0.384 e. The van der Waals surface area contributed by atoms with Gasteiger partial charge in [-0.15, -0.1) is 0 Å². The molecule has 0 spiro atoms. The molecule has 20 heavy (non-hydrogen) atoms. The Kier molecular flexibility index (Phi) is 2.99. The minimum absolute atomic E-state index is 0.0843. The number of nitrogens with one attached hydrogen (secondary N) is 2.